The Kier molecular flexibility index (Phi) is 6.36. The van der Waals surface area contributed by atoms with Gasteiger partial charge in [0.15, 0.2) is 6.61 Å². The summed E-state index contributed by atoms with van der Waals surface area (Å²) >= 11 is 0. The highest BCUT2D eigenvalue weighted by atomic mass is 16.5. The average Bonchev–Trinajstić information content (AvgIpc) is 2.61. The Morgan fingerprint density at radius 3 is 2.22 bits per heavy atom. The molecular formula is C19H21NO3. The van der Waals surface area contributed by atoms with Gasteiger partial charge in [0.2, 0.25) is 0 Å². The zero-order chi connectivity index (χ0) is 16.5. The minimum Gasteiger partial charge on any atom is -0.452 e. The van der Waals surface area contributed by atoms with Crippen molar-refractivity contribution in [2.24, 2.45) is 0 Å². The second-order valence-corrected chi connectivity index (χ2v) is 5.26. The zero-order valence-corrected chi connectivity index (χ0v) is 13.2. The molecule has 23 heavy (non-hydrogen) atoms. The molecule has 0 heterocycles. The number of hydrogen-bond acceptors (Lipinski definition) is 3. The fraction of sp³-hybridized carbons (Fsp3) is 0.263. The highest BCUT2D eigenvalue weighted by Crippen LogP contribution is 2.17. The molecule has 0 saturated heterocycles. The van der Waals surface area contributed by atoms with Crippen LogP contribution >= 0.6 is 0 Å². The van der Waals surface area contributed by atoms with E-state index in [1.165, 1.54) is 0 Å². The van der Waals surface area contributed by atoms with E-state index in [-0.39, 0.29) is 18.6 Å². The number of rotatable bonds is 7. The van der Waals surface area contributed by atoms with Crippen molar-refractivity contribution < 1.29 is 14.3 Å². The smallest absolute Gasteiger partial charge is 0.338 e. The van der Waals surface area contributed by atoms with Crippen molar-refractivity contribution in [2.75, 3.05) is 6.61 Å². The van der Waals surface area contributed by atoms with Crippen LogP contribution in [-0.4, -0.2) is 18.5 Å². The van der Waals surface area contributed by atoms with Crippen LogP contribution < -0.4 is 5.32 Å². The van der Waals surface area contributed by atoms with Gasteiger partial charge in [-0.15, -0.1) is 0 Å². The van der Waals surface area contributed by atoms with Crippen molar-refractivity contribution >= 4 is 11.9 Å². The lowest BCUT2D eigenvalue weighted by atomic mass is 10.0. The number of carbonyl (C=O) groups is 2. The van der Waals surface area contributed by atoms with Gasteiger partial charge >= 0.3 is 5.97 Å². The van der Waals surface area contributed by atoms with Gasteiger partial charge in [0.1, 0.15) is 0 Å². The molecule has 0 aliphatic heterocycles. The first kappa shape index (κ1) is 16.7. The molecule has 1 N–H and O–H groups in total. The van der Waals surface area contributed by atoms with Gasteiger partial charge in [0.05, 0.1) is 11.6 Å². The monoisotopic (exact) mass is 311 g/mol. The quantitative estimate of drug-likeness (QED) is 0.796. The van der Waals surface area contributed by atoms with E-state index in [4.69, 9.17) is 4.74 Å². The number of nitrogens with one attached hydrogen (secondary N) is 1. The lowest BCUT2D eigenvalue weighted by Crippen LogP contribution is -2.32. The first-order chi connectivity index (χ1) is 11.2. The van der Waals surface area contributed by atoms with E-state index < -0.39 is 5.97 Å². The maximum Gasteiger partial charge on any atom is 0.338 e. The van der Waals surface area contributed by atoms with Gasteiger partial charge in [-0.2, -0.15) is 0 Å². The second kappa shape index (κ2) is 8.73. The van der Waals surface area contributed by atoms with E-state index in [9.17, 15) is 9.59 Å². The summed E-state index contributed by atoms with van der Waals surface area (Å²) in [5.74, 6) is -0.788. The van der Waals surface area contributed by atoms with Crippen molar-refractivity contribution in [2.45, 2.75) is 25.8 Å². The van der Waals surface area contributed by atoms with E-state index in [0.717, 1.165) is 18.4 Å². The SMILES string of the molecule is CCCC(NC(=O)COC(=O)c1ccccc1)c1ccccc1. The first-order valence-electron chi connectivity index (χ1n) is 7.77. The van der Waals surface area contributed by atoms with Crippen LogP contribution in [0.15, 0.2) is 60.7 Å². The summed E-state index contributed by atoms with van der Waals surface area (Å²) in [6, 6.07) is 18.4. The summed E-state index contributed by atoms with van der Waals surface area (Å²) in [5.41, 5.74) is 1.49. The van der Waals surface area contributed by atoms with Crippen LogP contribution in [0.1, 0.15) is 41.7 Å². The third-order valence-electron chi connectivity index (χ3n) is 3.46. The molecule has 1 atom stereocenters. The Bertz CT molecular complexity index is 626. The minimum absolute atomic E-state index is 0.0656. The van der Waals surface area contributed by atoms with Gasteiger partial charge in [-0.25, -0.2) is 4.79 Å². The molecule has 0 aromatic heterocycles. The molecular weight excluding hydrogens is 290 g/mol. The fourth-order valence-corrected chi connectivity index (χ4v) is 2.32. The Morgan fingerprint density at radius 2 is 1.61 bits per heavy atom. The number of carbonyl (C=O) groups excluding carboxylic acids is 2. The van der Waals surface area contributed by atoms with Gasteiger partial charge in [-0.3, -0.25) is 4.79 Å². The molecule has 1 amide bonds. The molecule has 0 aliphatic carbocycles. The number of benzene rings is 2. The molecule has 4 heteroatoms. The summed E-state index contributed by atoms with van der Waals surface area (Å²) in [6.07, 6.45) is 1.78. The molecule has 0 aliphatic rings. The first-order valence-corrected chi connectivity index (χ1v) is 7.77. The Labute approximate surface area is 136 Å². The van der Waals surface area contributed by atoms with Crippen molar-refractivity contribution in [1.29, 1.82) is 0 Å². The average molecular weight is 311 g/mol. The number of hydrogen-bond donors (Lipinski definition) is 1. The summed E-state index contributed by atoms with van der Waals surface area (Å²) in [6.45, 7) is 1.79. The number of ether oxygens (including phenoxy) is 1. The van der Waals surface area contributed by atoms with Gasteiger partial charge in [0, 0.05) is 0 Å². The van der Waals surface area contributed by atoms with Crippen LogP contribution in [-0.2, 0) is 9.53 Å². The van der Waals surface area contributed by atoms with E-state index in [0.29, 0.717) is 5.56 Å². The topological polar surface area (TPSA) is 55.4 Å². The molecule has 0 radical (unpaired) electrons. The summed E-state index contributed by atoms with van der Waals surface area (Å²) < 4.78 is 5.05. The predicted molar refractivity (Wildman–Crippen MR) is 89.0 cm³/mol. The van der Waals surface area contributed by atoms with Crippen LogP contribution in [0.4, 0.5) is 0 Å². The third kappa shape index (κ3) is 5.25. The number of esters is 1. The predicted octanol–water partition coefficient (Wildman–Crippen LogP) is 3.50. The van der Waals surface area contributed by atoms with Crippen LogP contribution in [0.5, 0.6) is 0 Å². The summed E-state index contributed by atoms with van der Waals surface area (Å²) in [5, 5.41) is 2.92. The molecule has 2 aromatic carbocycles. The van der Waals surface area contributed by atoms with Crippen molar-refractivity contribution in [1.82, 2.24) is 5.32 Å². The normalized spacial score (nSPS) is 11.5. The Morgan fingerprint density at radius 1 is 1.00 bits per heavy atom. The molecule has 4 nitrogen and oxygen atoms in total. The molecule has 0 bridgehead atoms. The van der Waals surface area contributed by atoms with Gasteiger partial charge < -0.3 is 10.1 Å². The summed E-state index contributed by atoms with van der Waals surface area (Å²) in [7, 11) is 0. The highest BCUT2D eigenvalue weighted by Gasteiger charge is 2.15. The second-order valence-electron chi connectivity index (χ2n) is 5.26. The van der Waals surface area contributed by atoms with Crippen molar-refractivity contribution in [3.8, 4) is 0 Å². The maximum atomic E-state index is 12.0. The van der Waals surface area contributed by atoms with Crippen LogP contribution in [0, 0.1) is 0 Å². The lowest BCUT2D eigenvalue weighted by Gasteiger charge is -2.18. The van der Waals surface area contributed by atoms with Gasteiger partial charge in [0.25, 0.3) is 5.91 Å². The van der Waals surface area contributed by atoms with E-state index >= 15 is 0 Å². The van der Waals surface area contributed by atoms with Crippen LogP contribution in [0.3, 0.4) is 0 Å². The minimum atomic E-state index is -0.493. The largest absolute Gasteiger partial charge is 0.452 e. The molecule has 120 valence electrons. The van der Waals surface area contributed by atoms with Crippen molar-refractivity contribution in [3.63, 3.8) is 0 Å². The molecule has 0 spiro atoms. The Hall–Kier alpha value is -2.62. The van der Waals surface area contributed by atoms with Gasteiger partial charge in [-0.05, 0) is 24.1 Å². The molecule has 1 unspecified atom stereocenters. The van der Waals surface area contributed by atoms with Gasteiger partial charge in [-0.1, -0.05) is 61.9 Å². The standard InChI is InChI=1S/C19H21NO3/c1-2-9-17(15-10-5-3-6-11-15)20-18(21)14-23-19(22)16-12-7-4-8-13-16/h3-8,10-13,17H,2,9,14H2,1H3,(H,20,21). The highest BCUT2D eigenvalue weighted by molar-refractivity contribution is 5.91. The molecule has 0 saturated carbocycles. The molecule has 2 aromatic rings. The van der Waals surface area contributed by atoms with E-state index in [2.05, 4.69) is 12.2 Å². The zero-order valence-electron chi connectivity index (χ0n) is 13.2. The van der Waals surface area contributed by atoms with E-state index in [1.54, 1.807) is 24.3 Å². The number of amides is 1. The third-order valence-corrected chi connectivity index (χ3v) is 3.46. The van der Waals surface area contributed by atoms with Crippen LogP contribution in [0.25, 0.3) is 0 Å². The lowest BCUT2D eigenvalue weighted by molar-refractivity contribution is -0.125. The molecule has 2 rings (SSSR count). The maximum absolute atomic E-state index is 12.0. The molecule has 0 fully saturated rings. The van der Waals surface area contributed by atoms with Crippen molar-refractivity contribution in [3.05, 3.63) is 71.8 Å². The van der Waals surface area contributed by atoms with Crippen LogP contribution in [0.2, 0.25) is 0 Å². The Balaban J connectivity index is 1.88. The van der Waals surface area contributed by atoms with E-state index in [1.807, 2.05) is 36.4 Å². The fourth-order valence-electron chi connectivity index (χ4n) is 2.32. The summed E-state index contributed by atoms with van der Waals surface area (Å²) in [4.78, 5) is 23.9.